The third kappa shape index (κ3) is 3.94. The van der Waals surface area contributed by atoms with Gasteiger partial charge in [-0.3, -0.25) is 14.6 Å². The Bertz CT molecular complexity index is 488. The van der Waals surface area contributed by atoms with Gasteiger partial charge in [0.1, 0.15) is 11.7 Å². The summed E-state index contributed by atoms with van der Waals surface area (Å²) in [6.45, 7) is 4.37. The van der Waals surface area contributed by atoms with Gasteiger partial charge in [-0.05, 0) is 26.0 Å². The van der Waals surface area contributed by atoms with Crippen LogP contribution in [0.4, 0.5) is 5.69 Å². The highest BCUT2D eigenvalue weighted by molar-refractivity contribution is 5.93. The van der Waals surface area contributed by atoms with Crippen LogP contribution in [0.2, 0.25) is 0 Å². The number of aromatic nitrogens is 1. The van der Waals surface area contributed by atoms with Gasteiger partial charge in [0.2, 0.25) is 5.91 Å². The van der Waals surface area contributed by atoms with Crippen LogP contribution in [0.5, 0.6) is 0 Å². The number of carbonyl (C=O) groups excluding carboxylic acids is 2. The molecule has 6 nitrogen and oxygen atoms in total. The van der Waals surface area contributed by atoms with Gasteiger partial charge in [-0.1, -0.05) is 0 Å². The average Bonchev–Trinajstić information content (AvgIpc) is 2.44. The van der Waals surface area contributed by atoms with Crippen molar-refractivity contribution in [3.8, 4) is 0 Å². The van der Waals surface area contributed by atoms with Crippen LogP contribution in [0.1, 0.15) is 24.3 Å². The van der Waals surface area contributed by atoms with Crippen molar-refractivity contribution in [2.75, 3.05) is 33.0 Å². The van der Waals surface area contributed by atoms with Crippen LogP contribution in [-0.2, 0) is 4.79 Å². The van der Waals surface area contributed by atoms with Crippen molar-refractivity contribution in [1.29, 1.82) is 0 Å². The van der Waals surface area contributed by atoms with Crippen molar-refractivity contribution >= 4 is 17.5 Å². The maximum absolute atomic E-state index is 12.0. The van der Waals surface area contributed by atoms with Gasteiger partial charge in [0.15, 0.2) is 0 Å². The Morgan fingerprint density at radius 3 is 2.55 bits per heavy atom. The molecule has 0 radical (unpaired) electrons. The topological polar surface area (TPSA) is 65.5 Å². The minimum atomic E-state index is -0.357. The lowest BCUT2D eigenvalue weighted by Crippen LogP contribution is -2.38. The SMILES string of the molecule is CCN(C)C(=O)C(C)Nc1ccnc(C(=O)N(C)C)c1. The molecular formula is C14H22N4O2. The van der Waals surface area contributed by atoms with Crippen molar-refractivity contribution in [2.45, 2.75) is 19.9 Å². The van der Waals surface area contributed by atoms with Crippen molar-refractivity contribution in [1.82, 2.24) is 14.8 Å². The van der Waals surface area contributed by atoms with E-state index < -0.39 is 0 Å². The van der Waals surface area contributed by atoms with Gasteiger partial charge in [-0.2, -0.15) is 0 Å². The Morgan fingerprint density at radius 1 is 1.35 bits per heavy atom. The van der Waals surface area contributed by atoms with Gasteiger partial charge in [0.05, 0.1) is 0 Å². The fourth-order valence-electron chi connectivity index (χ4n) is 1.66. The Morgan fingerprint density at radius 2 is 2.00 bits per heavy atom. The van der Waals surface area contributed by atoms with Gasteiger partial charge < -0.3 is 15.1 Å². The minimum Gasteiger partial charge on any atom is -0.374 e. The number of nitrogens with one attached hydrogen (secondary N) is 1. The molecule has 1 aromatic heterocycles. The molecule has 2 amide bonds. The summed E-state index contributed by atoms with van der Waals surface area (Å²) in [6, 6.07) is 3.03. The second kappa shape index (κ2) is 6.88. The first-order chi connectivity index (χ1) is 9.36. The zero-order chi connectivity index (χ0) is 15.3. The molecule has 0 spiro atoms. The van der Waals surface area contributed by atoms with E-state index in [2.05, 4.69) is 10.3 Å². The normalized spacial score (nSPS) is 11.7. The van der Waals surface area contributed by atoms with Crippen LogP contribution < -0.4 is 5.32 Å². The Labute approximate surface area is 119 Å². The fourth-order valence-corrected chi connectivity index (χ4v) is 1.66. The highest BCUT2D eigenvalue weighted by Crippen LogP contribution is 2.11. The van der Waals surface area contributed by atoms with Gasteiger partial charge in [0.25, 0.3) is 5.91 Å². The van der Waals surface area contributed by atoms with E-state index in [-0.39, 0.29) is 17.9 Å². The van der Waals surface area contributed by atoms with Crippen LogP contribution in [0.25, 0.3) is 0 Å². The fraction of sp³-hybridized carbons (Fsp3) is 0.500. The number of amides is 2. The van der Waals surface area contributed by atoms with Crippen LogP contribution in [0.15, 0.2) is 18.3 Å². The third-order valence-corrected chi connectivity index (χ3v) is 2.99. The second-order valence-electron chi connectivity index (χ2n) is 4.85. The predicted molar refractivity (Wildman–Crippen MR) is 78.7 cm³/mol. The van der Waals surface area contributed by atoms with Crippen LogP contribution in [-0.4, -0.2) is 60.3 Å². The zero-order valence-electron chi connectivity index (χ0n) is 12.7. The maximum Gasteiger partial charge on any atom is 0.272 e. The van der Waals surface area contributed by atoms with E-state index in [9.17, 15) is 9.59 Å². The van der Waals surface area contributed by atoms with Crippen molar-refractivity contribution < 1.29 is 9.59 Å². The number of pyridine rings is 1. The number of rotatable bonds is 5. The number of anilines is 1. The molecule has 6 heteroatoms. The monoisotopic (exact) mass is 278 g/mol. The number of hydrogen-bond acceptors (Lipinski definition) is 4. The largest absolute Gasteiger partial charge is 0.374 e. The first-order valence-electron chi connectivity index (χ1n) is 6.56. The van der Waals surface area contributed by atoms with E-state index in [1.807, 2.05) is 6.92 Å². The lowest BCUT2D eigenvalue weighted by atomic mass is 10.2. The molecule has 1 atom stereocenters. The molecule has 0 aliphatic carbocycles. The molecule has 0 saturated heterocycles. The quantitative estimate of drug-likeness (QED) is 0.874. The molecular weight excluding hydrogens is 256 g/mol. The lowest BCUT2D eigenvalue weighted by Gasteiger charge is -2.21. The Kier molecular flexibility index (Phi) is 5.49. The van der Waals surface area contributed by atoms with E-state index in [0.717, 1.165) is 0 Å². The van der Waals surface area contributed by atoms with E-state index in [1.54, 1.807) is 51.3 Å². The Balaban J connectivity index is 2.81. The molecule has 20 heavy (non-hydrogen) atoms. The number of hydrogen-bond donors (Lipinski definition) is 1. The van der Waals surface area contributed by atoms with Crippen molar-refractivity contribution in [2.24, 2.45) is 0 Å². The summed E-state index contributed by atoms with van der Waals surface area (Å²) in [6.07, 6.45) is 1.56. The van der Waals surface area contributed by atoms with Crippen LogP contribution in [0, 0.1) is 0 Å². The highest BCUT2D eigenvalue weighted by atomic mass is 16.2. The molecule has 0 aromatic carbocycles. The van der Waals surface area contributed by atoms with Gasteiger partial charge >= 0.3 is 0 Å². The van der Waals surface area contributed by atoms with Gasteiger partial charge in [-0.15, -0.1) is 0 Å². The second-order valence-corrected chi connectivity index (χ2v) is 4.85. The number of carbonyl (C=O) groups is 2. The molecule has 0 saturated carbocycles. The van der Waals surface area contributed by atoms with Crippen molar-refractivity contribution in [3.63, 3.8) is 0 Å². The molecule has 110 valence electrons. The first-order valence-corrected chi connectivity index (χ1v) is 6.56. The van der Waals surface area contributed by atoms with E-state index in [1.165, 1.54) is 4.90 Å². The first kappa shape index (κ1) is 15.9. The molecule has 1 heterocycles. The molecule has 0 bridgehead atoms. The summed E-state index contributed by atoms with van der Waals surface area (Å²) in [5.74, 6) is -0.164. The van der Waals surface area contributed by atoms with E-state index >= 15 is 0 Å². The molecule has 0 fully saturated rings. The molecule has 1 N–H and O–H groups in total. The van der Waals surface area contributed by atoms with Gasteiger partial charge in [0, 0.05) is 39.6 Å². The summed E-state index contributed by atoms with van der Waals surface area (Å²) in [5, 5.41) is 3.09. The highest BCUT2D eigenvalue weighted by Gasteiger charge is 2.17. The molecule has 0 aliphatic heterocycles. The summed E-state index contributed by atoms with van der Waals surface area (Å²) in [5.41, 5.74) is 1.05. The summed E-state index contributed by atoms with van der Waals surface area (Å²) in [4.78, 5) is 31.0. The predicted octanol–water partition coefficient (Wildman–Crippen LogP) is 1.06. The minimum absolute atomic E-state index is 0.00444. The van der Waals surface area contributed by atoms with Crippen molar-refractivity contribution in [3.05, 3.63) is 24.0 Å². The lowest BCUT2D eigenvalue weighted by molar-refractivity contribution is -0.130. The average molecular weight is 278 g/mol. The van der Waals surface area contributed by atoms with Crippen LogP contribution >= 0.6 is 0 Å². The number of likely N-dealkylation sites (N-methyl/N-ethyl adjacent to an activating group) is 1. The maximum atomic E-state index is 12.0. The molecule has 1 unspecified atom stereocenters. The molecule has 0 aliphatic rings. The smallest absolute Gasteiger partial charge is 0.272 e. The number of nitrogens with zero attached hydrogens (tertiary/aromatic N) is 3. The van der Waals surface area contributed by atoms with Crippen LogP contribution in [0.3, 0.4) is 0 Å². The van der Waals surface area contributed by atoms with Gasteiger partial charge in [-0.25, -0.2) is 0 Å². The third-order valence-electron chi connectivity index (χ3n) is 2.99. The summed E-state index contributed by atoms with van der Waals surface area (Å²) >= 11 is 0. The zero-order valence-corrected chi connectivity index (χ0v) is 12.7. The summed E-state index contributed by atoms with van der Waals surface area (Å²) in [7, 11) is 5.10. The molecule has 1 aromatic rings. The Hall–Kier alpha value is -2.11. The van der Waals surface area contributed by atoms with E-state index in [0.29, 0.717) is 17.9 Å². The standard InChI is InChI=1S/C14H22N4O2/c1-6-18(5)13(19)10(2)16-11-7-8-15-12(9-11)14(20)17(3)4/h7-10H,6H2,1-5H3,(H,15,16). The molecule has 1 rings (SSSR count). The summed E-state index contributed by atoms with van der Waals surface area (Å²) < 4.78 is 0. The van der Waals surface area contributed by atoms with E-state index in [4.69, 9.17) is 0 Å².